The zero-order valence-electron chi connectivity index (χ0n) is 19.2. The average molecular weight is 475 g/mol. The van der Waals surface area contributed by atoms with Crippen molar-refractivity contribution in [3.05, 3.63) is 59.8 Å². The quantitative estimate of drug-likeness (QED) is 0.392. The SMILES string of the molecule is COc1cc(C2CC(=O)N(C)c3c2cnn3-c2nc3ccccc3s2)ccc1OC1CCCC1. The van der Waals surface area contributed by atoms with Gasteiger partial charge >= 0.3 is 0 Å². The number of carbonyl (C=O) groups is 1. The predicted octanol–water partition coefficient (Wildman–Crippen LogP) is 5.31. The van der Waals surface area contributed by atoms with E-state index in [9.17, 15) is 4.79 Å². The second-order valence-electron chi connectivity index (χ2n) is 8.94. The molecule has 1 saturated carbocycles. The van der Waals surface area contributed by atoms with Gasteiger partial charge in [-0.3, -0.25) is 9.69 Å². The highest BCUT2D eigenvalue weighted by Crippen LogP contribution is 2.43. The number of fused-ring (bicyclic) bond motifs is 2. The number of anilines is 1. The summed E-state index contributed by atoms with van der Waals surface area (Å²) in [7, 11) is 3.47. The first-order valence-electron chi connectivity index (χ1n) is 11.7. The van der Waals surface area contributed by atoms with E-state index in [0.717, 1.165) is 50.9 Å². The lowest BCUT2D eigenvalue weighted by Gasteiger charge is -2.30. The van der Waals surface area contributed by atoms with Crippen LogP contribution in [-0.2, 0) is 4.79 Å². The van der Waals surface area contributed by atoms with Crippen LogP contribution >= 0.6 is 11.3 Å². The summed E-state index contributed by atoms with van der Waals surface area (Å²) >= 11 is 1.57. The van der Waals surface area contributed by atoms with Crippen molar-refractivity contribution in [1.82, 2.24) is 14.8 Å². The maximum atomic E-state index is 13.1. The molecule has 2 aromatic carbocycles. The number of hydrogen-bond acceptors (Lipinski definition) is 6. The van der Waals surface area contributed by atoms with Gasteiger partial charge in [-0.25, -0.2) is 4.98 Å². The molecule has 8 heteroatoms. The lowest BCUT2D eigenvalue weighted by Crippen LogP contribution is -2.34. The Kier molecular flexibility index (Phi) is 5.25. The van der Waals surface area contributed by atoms with Crippen LogP contribution in [0.15, 0.2) is 48.7 Å². The zero-order chi connectivity index (χ0) is 23.2. The van der Waals surface area contributed by atoms with Gasteiger partial charge in [-0.2, -0.15) is 9.78 Å². The van der Waals surface area contributed by atoms with E-state index < -0.39 is 0 Å². The number of rotatable bonds is 5. The van der Waals surface area contributed by atoms with Gasteiger partial charge in [-0.15, -0.1) is 0 Å². The van der Waals surface area contributed by atoms with Crippen molar-refractivity contribution in [3.63, 3.8) is 0 Å². The first-order chi connectivity index (χ1) is 16.6. The highest BCUT2D eigenvalue weighted by molar-refractivity contribution is 7.20. The number of methoxy groups -OCH3 is 1. The van der Waals surface area contributed by atoms with Crippen LogP contribution in [0.1, 0.15) is 49.1 Å². The van der Waals surface area contributed by atoms with Crippen molar-refractivity contribution in [2.75, 3.05) is 19.1 Å². The van der Waals surface area contributed by atoms with E-state index in [4.69, 9.17) is 14.5 Å². The first kappa shape index (κ1) is 21.2. The molecule has 6 rings (SSSR count). The molecule has 0 bridgehead atoms. The monoisotopic (exact) mass is 474 g/mol. The minimum Gasteiger partial charge on any atom is -0.493 e. The molecule has 0 saturated heterocycles. The molecule has 3 heterocycles. The number of nitrogens with zero attached hydrogens (tertiary/aromatic N) is 4. The van der Waals surface area contributed by atoms with E-state index in [-0.39, 0.29) is 17.9 Å². The summed E-state index contributed by atoms with van der Waals surface area (Å²) in [6, 6.07) is 14.1. The Morgan fingerprint density at radius 2 is 1.91 bits per heavy atom. The van der Waals surface area contributed by atoms with Crippen LogP contribution in [0.2, 0.25) is 0 Å². The Morgan fingerprint density at radius 3 is 2.71 bits per heavy atom. The molecule has 1 aliphatic heterocycles. The topological polar surface area (TPSA) is 69.5 Å². The molecule has 2 aliphatic rings. The zero-order valence-corrected chi connectivity index (χ0v) is 20.0. The van der Waals surface area contributed by atoms with Gasteiger partial charge in [0.1, 0.15) is 5.82 Å². The van der Waals surface area contributed by atoms with Crippen LogP contribution in [0.5, 0.6) is 11.5 Å². The number of amides is 1. The third-order valence-electron chi connectivity index (χ3n) is 6.87. The van der Waals surface area contributed by atoms with E-state index >= 15 is 0 Å². The van der Waals surface area contributed by atoms with Gasteiger partial charge in [-0.1, -0.05) is 29.5 Å². The summed E-state index contributed by atoms with van der Waals surface area (Å²) in [6.45, 7) is 0. The molecule has 7 nitrogen and oxygen atoms in total. The van der Waals surface area contributed by atoms with Crippen LogP contribution in [0, 0.1) is 0 Å². The van der Waals surface area contributed by atoms with E-state index in [1.165, 1.54) is 12.8 Å². The summed E-state index contributed by atoms with van der Waals surface area (Å²) in [4.78, 5) is 19.5. The van der Waals surface area contributed by atoms with Crippen LogP contribution < -0.4 is 14.4 Å². The molecule has 0 N–H and O–H groups in total. The smallest absolute Gasteiger partial charge is 0.228 e. The first-order valence-corrected chi connectivity index (χ1v) is 12.5. The molecule has 34 heavy (non-hydrogen) atoms. The molecule has 4 aromatic rings. The molecule has 1 aliphatic carbocycles. The number of thiazole rings is 1. The van der Waals surface area contributed by atoms with Gasteiger partial charge in [0, 0.05) is 24.9 Å². The lowest BCUT2D eigenvalue weighted by atomic mass is 9.86. The fourth-order valence-corrected chi connectivity index (χ4v) is 5.97. The minimum absolute atomic E-state index is 0.0469. The molecule has 1 fully saturated rings. The maximum absolute atomic E-state index is 13.1. The molecule has 2 aromatic heterocycles. The summed E-state index contributed by atoms with van der Waals surface area (Å²) in [5.74, 6) is 2.17. The average Bonchev–Trinajstić information content (AvgIpc) is 3.61. The Bertz CT molecular complexity index is 1340. The molecule has 1 atom stereocenters. The molecular weight excluding hydrogens is 448 g/mol. The van der Waals surface area contributed by atoms with Gasteiger partial charge < -0.3 is 9.47 Å². The number of aromatic nitrogens is 3. The number of ether oxygens (including phenoxy) is 2. The van der Waals surface area contributed by atoms with Crippen molar-refractivity contribution in [1.29, 1.82) is 0 Å². The van der Waals surface area contributed by atoms with Crippen molar-refractivity contribution >= 4 is 33.3 Å². The van der Waals surface area contributed by atoms with Gasteiger partial charge in [0.25, 0.3) is 0 Å². The number of benzene rings is 2. The number of hydrogen-bond donors (Lipinski definition) is 0. The van der Waals surface area contributed by atoms with Gasteiger partial charge in [0.2, 0.25) is 11.0 Å². The summed E-state index contributed by atoms with van der Waals surface area (Å²) in [6.07, 6.45) is 7.09. The number of carbonyl (C=O) groups excluding carboxylic acids is 1. The van der Waals surface area contributed by atoms with Crippen molar-refractivity contribution < 1.29 is 14.3 Å². The van der Waals surface area contributed by atoms with Gasteiger partial charge in [0.05, 0.1) is 29.6 Å². The van der Waals surface area contributed by atoms with Crippen LogP contribution in [0.4, 0.5) is 5.82 Å². The normalized spacial score (nSPS) is 18.5. The third-order valence-corrected chi connectivity index (χ3v) is 7.88. The Hall–Kier alpha value is -3.39. The Labute approximate surface area is 201 Å². The molecule has 174 valence electrons. The Morgan fingerprint density at radius 1 is 1.09 bits per heavy atom. The minimum atomic E-state index is -0.115. The van der Waals surface area contributed by atoms with Crippen molar-refractivity contribution in [2.24, 2.45) is 0 Å². The van der Waals surface area contributed by atoms with Crippen LogP contribution in [0.25, 0.3) is 15.3 Å². The molecule has 1 unspecified atom stereocenters. The van der Waals surface area contributed by atoms with E-state index in [1.54, 1.807) is 28.0 Å². The van der Waals surface area contributed by atoms with Crippen LogP contribution in [-0.4, -0.2) is 40.9 Å². The molecule has 0 radical (unpaired) electrons. The van der Waals surface area contributed by atoms with Gasteiger partial charge in [0.15, 0.2) is 11.5 Å². The fraction of sp³-hybridized carbons (Fsp3) is 0.346. The highest BCUT2D eigenvalue weighted by Gasteiger charge is 2.35. The van der Waals surface area contributed by atoms with Crippen molar-refractivity contribution in [2.45, 2.75) is 44.1 Å². The summed E-state index contributed by atoms with van der Waals surface area (Å²) in [5.41, 5.74) is 2.95. The maximum Gasteiger partial charge on any atom is 0.228 e. The standard InChI is InChI=1S/C26H26N4O3S/c1-29-24(31)14-18(16-11-12-21(22(13-16)32-2)33-17-7-3-4-8-17)19-15-27-30(25(19)29)26-28-20-9-5-6-10-23(20)34-26/h5-6,9-13,15,17-18H,3-4,7-8,14H2,1-2H3. The summed E-state index contributed by atoms with van der Waals surface area (Å²) < 4.78 is 14.8. The number of para-hydroxylation sites is 1. The van der Waals surface area contributed by atoms with Crippen LogP contribution in [0.3, 0.4) is 0 Å². The second kappa shape index (κ2) is 8.43. The molecule has 1 amide bonds. The predicted molar refractivity (Wildman–Crippen MR) is 132 cm³/mol. The molecule has 0 spiro atoms. The van der Waals surface area contributed by atoms with Crippen molar-refractivity contribution in [3.8, 4) is 16.6 Å². The largest absolute Gasteiger partial charge is 0.493 e. The highest BCUT2D eigenvalue weighted by atomic mass is 32.1. The summed E-state index contributed by atoms with van der Waals surface area (Å²) in [5, 5.41) is 5.42. The third kappa shape index (κ3) is 3.53. The van der Waals surface area contributed by atoms with E-state index in [0.29, 0.717) is 12.2 Å². The van der Waals surface area contributed by atoms with Gasteiger partial charge in [-0.05, 0) is 55.5 Å². The fourth-order valence-electron chi connectivity index (χ4n) is 5.05. The van der Waals surface area contributed by atoms with E-state index in [2.05, 4.69) is 11.2 Å². The Balaban J connectivity index is 1.39. The molecular formula is C26H26N4O3S. The second-order valence-corrected chi connectivity index (χ2v) is 9.95. The lowest BCUT2D eigenvalue weighted by molar-refractivity contribution is -0.118. The van der Waals surface area contributed by atoms with E-state index in [1.807, 2.05) is 49.6 Å².